The van der Waals surface area contributed by atoms with Crippen LogP contribution in [0.2, 0.25) is 5.02 Å². The van der Waals surface area contributed by atoms with E-state index < -0.39 is 11.9 Å². The van der Waals surface area contributed by atoms with Gasteiger partial charge in [-0.05, 0) is 35.7 Å². The van der Waals surface area contributed by atoms with Crippen molar-refractivity contribution in [3.05, 3.63) is 64.6 Å². The van der Waals surface area contributed by atoms with Crippen LogP contribution in [-0.2, 0) is 6.18 Å². The van der Waals surface area contributed by atoms with Crippen LogP contribution in [0.1, 0.15) is 5.69 Å². The molecule has 0 aliphatic rings. The average Bonchev–Trinajstić information content (AvgIpc) is 3.33. The Kier molecular flexibility index (Phi) is 4.45. The molecule has 0 bridgehead atoms. The second kappa shape index (κ2) is 6.79. The summed E-state index contributed by atoms with van der Waals surface area (Å²) in [4.78, 5) is 8.87. The number of hydrogen-bond donors (Lipinski definition) is 1. The second-order valence-electron chi connectivity index (χ2n) is 5.61. The van der Waals surface area contributed by atoms with Crippen LogP contribution in [0.15, 0.2) is 53.9 Å². The number of halogens is 4. The molecule has 27 heavy (non-hydrogen) atoms. The number of aromatic amines is 1. The molecule has 1 aromatic carbocycles. The molecule has 4 nitrogen and oxygen atoms in total. The predicted octanol–water partition coefficient (Wildman–Crippen LogP) is 5.93. The van der Waals surface area contributed by atoms with Crippen LogP contribution in [0.4, 0.5) is 13.2 Å². The Morgan fingerprint density at radius 1 is 0.963 bits per heavy atom. The van der Waals surface area contributed by atoms with Crippen LogP contribution >= 0.6 is 22.9 Å². The molecule has 0 saturated carbocycles. The highest BCUT2D eigenvalue weighted by atomic mass is 35.5. The van der Waals surface area contributed by atoms with Crippen LogP contribution in [0, 0.1) is 0 Å². The van der Waals surface area contributed by atoms with Gasteiger partial charge < -0.3 is 0 Å². The number of H-pyrrole nitrogens is 1. The van der Waals surface area contributed by atoms with E-state index in [1.165, 1.54) is 11.3 Å². The number of benzene rings is 1. The van der Waals surface area contributed by atoms with Crippen molar-refractivity contribution in [2.75, 3.05) is 0 Å². The van der Waals surface area contributed by atoms with Crippen LogP contribution < -0.4 is 0 Å². The fraction of sp³-hybridized carbons (Fsp3) is 0.0556. The van der Waals surface area contributed by atoms with E-state index in [2.05, 4.69) is 20.2 Å². The summed E-state index contributed by atoms with van der Waals surface area (Å²) in [6, 6.07) is 12.7. The summed E-state index contributed by atoms with van der Waals surface area (Å²) in [6.45, 7) is 0. The zero-order valence-electron chi connectivity index (χ0n) is 13.5. The lowest BCUT2D eigenvalue weighted by Gasteiger charge is -2.10. The van der Waals surface area contributed by atoms with Gasteiger partial charge in [-0.25, -0.2) is 9.97 Å². The van der Waals surface area contributed by atoms with Gasteiger partial charge in [0.15, 0.2) is 5.82 Å². The van der Waals surface area contributed by atoms with Crippen molar-refractivity contribution >= 4 is 22.9 Å². The van der Waals surface area contributed by atoms with E-state index in [-0.39, 0.29) is 17.2 Å². The largest absolute Gasteiger partial charge is 0.433 e. The zero-order chi connectivity index (χ0) is 19.0. The van der Waals surface area contributed by atoms with Gasteiger partial charge in [0.2, 0.25) is 0 Å². The predicted molar refractivity (Wildman–Crippen MR) is 98.4 cm³/mol. The number of nitrogens with zero attached hydrogens (tertiary/aromatic N) is 3. The topological polar surface area (TPSA) is 54.5 Å². The molecule has 9 heteroatoms. The second-order valence-corrected chi connectivity index (χ2v) is 6.99. The Morgan fingerprint density at radius 3 is 2.41 bits per heavy atom. The smallest absolute Gasteiger partial charge is 0.276 e. The zero-order valence-corrected chi connectivity index (χ0v) is 15.0. The molecule has 0 aliphatic heterocycles. The molecule has 0 atom stereocenters. The fourth-order valence-electron chi connectivity index (χ4n) is 2.47. The minimum Gasteiger partial charge on any atom is -0.276 e. The van der Waals surface area contributed by atoms with Crippen LogP contribution in [0.3, 0.4) is 0 Å². The van der Waals surface area contributed by atoms with E-state index >= 15 is 0 Å². The highest BCUT2D eigenvalue weighted by molar-refractivity contribution is 7.13. The number of thiophene rings is 1. The quantitative estimate of drug-likeness (QED) is 0.458. The molecule has 0 radical (unpaired) electrons. The van der Waals surface area contributed by atoms with E-state index in [1.54, 1.807) is 30.3 Å². The SMILES string of the molecule is FC(F)(F)c1cc(-c2ccc(Cl)cc2)nc(-c2cc(-c3cccs3)[nH]n2)n1. The summed E-state index contributed by atoms with van der Waals surface area (Å²) in [7, 11) is 0. The van der Waals surface area contributed by atoms with Gasteiger partial charge in [-0.3, -0.25) is 5.10 Å². The van der Waals surface area contributed by atoms with Crippen molar-refractivity contribution in [2.24, 2.45) is 0 Å². The molecule has 3 aromatic heterocycles. The van der Waals surface area contributed by atoms with E-state index in [0.717, 1.165) is 10.9 Å². The van der Waals surface area contributed by atoms with Crippen LogP contribution in [-0.4, -0.2) is 20.2 Å². The van der Waals surface area contributed by atoms with Gasteiger partial charge >= 0.3 is 6.18 Å². The molecule has 0 aliphatic carbocycles. The first kappa shape index (κ1) is 17.7. The lowest BCUT2D eigenvalue weighted by molar-refractivity contribution is -0.141. The van der Waals surface area contributed by atoms with Crippen LogP contribution in [0.25, 0.3) is 33.3 Å². The van der Waals surface area contributed by atoms with Crippen molar-refractivity contribution in [2.45, 2.75) is 6.18 Å². The molecule has 0 unspecified atom stereocenters. The third-order valence-corrected chi connectivity index (χ3v) is 4.91. The van der Waals surface area contributed by atoms with Gasteiger partial charge in [-0.15, -0.1) is 11.3 Å². The van der Waals surface area contributed by atoms with Gasteiger partial charge in [0.05, 0.1) is 16.3 Å². The van der Waals surface area contributed by atoms with E-state index in [0.29, 0.717) is 16.3 Å². The molecular formula is C18H10ClF3N4S. The number of aromatic nitrogens is 4. The summed E-state index contributed by atoms with van der Waals surface area (Å²) in [6.07, 6.45) is -4.61. The summed E-state index contributed by atoms with van der Waals surface area (Å²) < 4.78 is 40.0. The van der Waals surface area contributed by atoms with Crippen LogP contribution in [0.5, 0.6) is 0 Å². The maximum absolute atomic E-state index is 13.3. The van der Waals surface area contributed by atoms with Crippen molar-refractivity contribution in [3.8, 4) is 33.3 Å². The van der Waals surface area contributed by atoms with Gasteiger partial charge in [0.1, 0.15) is 11.4 Å². The van der Waals surface area contributed by atoms with Crippen molar-refractivity contribution < 1.29 is 13.2 Å². The van der Waals surface area contributed by atoms with Crippen molar-refractivity contribution in [1.82, 2.24) is 20.2 Å². The maximum Gasteiger partial charge on any atom is 0.433 e. The molecule has 136 valence electrons. The standard InChI is InChI=1S/C18H10ClF3N4S/c19-11-5-3-10(4-6-11)12-9-16(18(20,21)22)24-17(23-12)14-8-13(25-26-14)15-2-1-7-27-15/h1-9H,(H,25,26). The molecule has 3 heterocycles. The molecule has 4 aromatic rings. The Morgan fingerprint density at radius 2 is 1.74 bits per heavy atom. The summed E-state index contributed by atoms with van der Waals surface area (Å²) in [5.74, 6) is -0.103. The highest BCUT2D eigenvalue weighted by Crippen LogP contribution is 2.33. The number of hydrogen-bond acceptors (Lipinski definition) is 4. The molecule has 0 saturated heterocycles. The monoisotopic (exact) mass is 406 g/mol. The maximum atomic E-state index is 13.3. The summed E-state index contributed by atoms with van der Waals surface area (Å²) >= 11 is 7.34. The molecule has 4 rings (SSSR count). The number of nitrogens with one attached hydrogen (secondary N) is 1. The van der Waals surface area contributed by atoms with Crippen molar-refractivity contribution in [3.63, 3.8) is 0 Å². The van der Waals surface area contributed by atoms with Gasteiger partial charge in [-0.2, -0.15) is 18.3 Å². The minimum atomic E-state index is -4.61. The van der Waals surface area contributed by atoms with Gasteiger partial charge in [0.25, 0.3) is 0 Å². The summed E-state index contributed by atoms with van der Waals surface area (Å²) in [5.41, 5.74) is 0.541. The summed E-state index contributed by atoms with van der Waals surface area (Å²) in [5, 5.41) is 9.28. The first-order chi connectivity index (χ1) is 12.9. The lowest BCUT2D eigenvalue weighted by Crippen LogP contribution is -2.10. The number of rotatable bonds is 3. The average molecular weight is 407 g/mol. The van der Waals surface area contributed by atoms with E-state index in [4.69, 9.17) is 11.6 Å². The van der Waals surface area contributed by atoms with E-state index in [9.17, 15) is 13.2 Å². The Balaban J connectivity index is 1.82. The normalized spacial score (nSPS) is 11.7. The van der Waals surface area contributed by atoms with Gasteiger partial charge in [-0.1, -0.05) is 29.8 Å². The Bertz CT molecular complexity index is 1070. The molecule has 0 fully saturated rings. The fourth-order valence-corrected chi connectivity index (χ4v) is 3.29. The van der Waals surface area contributed by atoms with Gasteiger partial charge in [0, 0.05) is 10.6 Å². The number of alkyl halides is 3. The third-order valence-electron chi connectivity index (χ3n) is 3.75. The lowest BCUT2D eigenvalue weighted by atomic mass is 10.1. The first-order valence-electron chi connectivity index (χ1n) is 7.72. The molecule has 1 N–H and O–H groups in total. The minimum absolute atomic E-state index is 0.103. The third kappa shape index (κ3) is 3.72. The van der Waals surface area contributed by atoms with Crippen molar-refractivity contribution in [1.29, 1.82) is 0 Å². The van der Waals surface area contributed by atoms with E-state index in [1.807, 2.05) is 17.5 Å². The molecular weight excluding hydrogens is 397 g/mol. The Labute approximate surface area is 160 Å². The Hall–Kier alpha value is -2.71. The highest BCUT2D eigenvalue weighted by Gasteiger charge is 2.34. The first-order valence-corrected chi connectivity index (χ1v) is 8.98. The molecule has 0 spiro atoms. The molecule has 0 amide bonds.